The molecule has 0 aliphatic rings. The molecule has 1 heterocycles. The monoisotopic (exact) mass is 427 g/mol. The summed E-state index contributed by atoms with van der Waals surface area (Å²) in [6.45, 7) is 1.96. The van der Waals surface area contributed by atoms with Gasteiger partial charge in [0.15, 0.2) is 0 Å². The molecule has 1 atom stereocenters. The molecule has 3 aromatic carbocycles. The van der Waals surface area contributed by atoms with E-state index in [9.17, 15) is 4.79 Å². The van der Waals surface area contributed by atoms with Crippen molar-refractivity contribution in [3.05, 3.63) is 96.2 Å². The maximum absolute atomic E-state index is 13.3. The highest BCUT2D eigenvalue weighted by molar-refractivity contribution is 5.95. The average molecular weight is 428 g/mol. The van der Waals surface area contributed by atoms with Crippen LogP contribution in [-0.4, -0.2) is 29.9 Å². The van der Waals surface area contributed by atoms with Crippen molar-refractivity contribution in [3.63, 3.8) is 0 Å². The Kier molecular flexibility index (Phi) is 6.22. The molecule has 1 aromatic heterocycles. The number of carbonyl (C=O) groups excluding carboxylic acids is 1. The van der Waals surface area contributed by atoms with Gasteiger partial charge in [-0.25, -0.2) is 4.68 Å². The van der Waals surface area contributed by atoms with E-state index < -0.39 is 0 Å². The predicted octanol–water partition coefficient (Wildman–Crippen LogP) is 5.05. The summed E-state index contributed by atoms with van der Waals surface area (Å²) < 4.78 is 12.5. The second-order valence-corrected chi connectivity index (χ2v) is 7.33. The fourth-order valence-corrected chi connectivity index (χ4v) is 3.55. The smallest absolute Gasteiger partial charge is 0.270 e. The van der Waals surface area contributed by atoms with Crippen LogP contribution in [0.5, 0.6) is 11.5 Å². The van der Waals surface area contributed by atoms with E-state index in [1.807, 2.05) is 79.7 Å². The standard InChI is InChI=1S/C26H25N3O3/c1-18(19-10-6-4-7-11-19)27-26(30)24-17-23(28-29(24)20-12-8-5-9-13-20)22-15-14-21(31-2)16-25(22)32-3/h4-18H,1-3H3,(H,27,30). The van der Waals surface area contributed by atoms with Crippen LogP contribution >= 0.6 is 0 Å². The summed E-state index contributed by atoms with van der Waals surface area (Å²) in [7, 11) is 3.20. The Balaban J connectivity index is 1.75. The molecule has 6 heteroatoms. The van der Waals surface area contributed by atoms with E-state index in [2.05, 4.69) is 5.32 Å². The number of nitrogens with one attached hydrogen (secondary N) is 1. The normalized spacial score (nSPS) is 11.6. The van der Waals surface area contributed by atoms with Gasteiger partial charge in [-0.15, -0.1) is 0 Å². The lowest BCUT2D eigenvalue weighted by atomic mass is 10.1. The van der Waals surface area contributed by atoms with Gasteiger partial charge in [-0.1, -0.05) is 48.5 Å². The highest BCUT2D eigenvalue weighted by Gasteiger charge is 2.21. The van der Waals surface area contributed by atoms with Gasteiger partial charge in [-0.2, -0.15) is 5.10 Å². The molecule has 0 bridgehead atoms. The molecule has 1 amide bonds. The summed E-state index contributed by atoms with van der Waals surface area (Å²) >= 11 is 0. The Hall–Kier alpha value is -4.06. The van der Waals surface area contributed by atoms with E-state index in [4.69, 9.17) is 14.6 Å². The molecule has 1 N–H and O–H groups in total. The molecule has 0 saturated carbocycles. The number of hydrogen-bond acceptors (Lipinski definition) is 4. The number of ether oxygens (including phenoxy) is 2. The molecule has 32 heavy (non-hydrogen) atoms. The molecule has 162 valence electrons. The number of methoxy groups -OCH3 is 2. The van der Waals surface area contributed by atoms with E-state index in [-0.39, 0.29) is 11.9 Å². The Bertz CT molecular complexity index is 1200. The predicted molar refractivity (Wildman–Crippen MR) is 124 cm³/mol. The van der Waals surface area contributed by atoms with Crippen LogP contribution in [0.4, 0.5) is 0 Å². The second kappa shape index (κ2) is 9.39. The maximum Gasteiger partial charge on any atom is 0.270 e. The number of carbonyl (C=O) groups is 1. The topological polar surface area (TPSA) is 65.4 Å². The van der Waals surface area contributed by atoms with Crippen LogP contribution in [0.3, 0.4) is 0 Å². The first kappa shape index (κ1) is 21.2. The van der Waals surface area contributed by atoms with Crippen LogP contribution in [0.2, 0.25) is 0 Å². The first-order valence-electron chi connectivity index (χ1n) is 10.3. The Morgan fingerprint density at radius 2 is 1.59 bits per heavy atom. The first-order valence-corrected chi connectivity index (χ1v) is 10.3. The number of para-hydroxylation sites is 1. The molecular formula is C26H25N3O3. The highest BCUT2D eigenvalue weighted by Crippen LogP contribution is 2.33. The lowest BCUT2D eigenvalue weighted by molar-refractivity contribution is 0.0932. The van der Waals surface area contributed by atoms with Crippen molar-refractivity contribution in [2.75, 3.05) is 14.2 Å². The van der Waals surface area contributed by atoms with Gasteiger partial charge < -0.3 is 14.8 Å². The molecular weight excluding hydrogens is 402 g/mol. The molecule has 4 rings (SSSR count). The van der Waals surface area contributed by atoms with Crippen molar-refractivity contribution >= 4 is 5.91 Å². The molecule has 0 radical (unpaired) electrons. The van der Waals surface area contributed by atoms with Gasteiger partial charge in [-0.3, -0.25) is 4.79 Å². The molecule has 4 aromatic rings. The van der Waals surface area contributed by atoms with Gasteiger partial charge in [0.2, 0.25) is 0 Å². The summed E-state index contributed by atoms with van der Waals surface area (Å²) in [5.41, 5.74) is 3.67. The van der Waals surface area contributed by atoms with Crippen LogP contribution in [-0.2, 0) is 0 Å². The van der Waals surface area contributed by atoms with E-state index >= 15 is 0 Å². The zero-order valence-corrected chi connectivity index (χ0v) is 18.3. The Labute approximate surface area is 187 Å². The van der Waals surface area contributed by atoms with Gasteiger partial charge in [-0.05, 0) is 42.8 Å². The zero-order chi connectivity index (χ0) is 22.5. The molecule has 0 spiro atoms. The Morgan fingerprint density at radius 3 is 2.25 bits per heavy atom. The molecule has 6 nitrogen and oxygen atoms in total. The van der Waals surface area contributed by atoms with Gasteiger partial charge in [0.05, 0.1) is 31.6 Å². The number of amides is 1. The number of hydrogen-bond donors (Lipinski definition) is 1. The van der Waals surface area contributed by atoms with E-state index in [0.717, 1.165) is 16.8 Å². The van der Waals surface area contributed by atoms with Crippen LogP contribution in [0.1, 0.15) is 29.0 Å². The summed E-state index contributed by atoms with van der Waals surface area (Å²) in [4.78, 5) is 13.3. The van der Waals surface area contributed by atoms with Crippen molar-refractivity contribution in [2.45, 2.75) is 13.0 Å². The van der Waals surface area contributed by atoms with Crippen molar-refractivity contribution in [1.29, 1.82) is 0 Å². The largest absolute Gasteiger partial charge is 0.497 e. The van der Waals surface area contributed by atoms with Crippen molar-refractivity contribution in [1.82, 2.24) is 15.1 Å². The molecule has 0 aliphatic heterocycles. The number of aromatic nitrogens is 2. The van der Waals surface area contributed by atoms with Crippen LogP contribution in [0.25, 0.3) is 16.9 Å². The SMILES string of the molecule is COc1ccc(-c2cc(C(=O)NC(C)c3ccccc3)n(-c3ccccc3)n2)c(OC)c1. The van der Waals surface area contributed by atoms with Crippen molar-refractivity contribution in [3.8, 4) is 28.4 Å². The molecule has 1 unspecified atom stereocenters. The first-order chi connectivity index (χ1) is 15.6. The summed E-state index contributed by atoms with van der Waals surface area (Å²) in [5.74, 6) is 1.09. The van der Waals surface area contributed by atoms with Crippen LogP contribution in [0, 0.1) is 0 Å². The number of nitrogens with zero attached hydrogens (tertiary/aromatic N) is 2. The van der Waals surface area contributed by atoms with Gasteiger partial charge in [0, 0.05) is 11.6 Å². The average Bonchev–Trinajstić information content (AvgIpc) is 3.30. The lowest BCUT2D eigenvalue weighted by Crippen LogP contribution is -2.28. The van der Waals surface area contributed by atoms with Gasteiger partial charge >= 0.3 is 0 Å². The molecule has 0 fully saturated rings. The fraction of sp³-hybridized carbons (Fsp3) is 0.154. The number of rotatable bonds is 7. The third kappa shape index (κ3) is 4.34. The number of benzene rings is 3. The second-order valence-electron chi connectivity index (χ2n) is 7.33. The van der Waals surface area contributed by atoms with Crippen molar-refractivity contribution < 1.29 is 14.3 Å². The van der Waals surface area contributed by atoms with Crippen LogP contribution in [0.15, 0.2) is 84.9 Å². The zero-order valence-electron chi connectivity index (χ0n) is 18.3. The third-order valence-corrected chi connectivity index (χ3v) is 5.27. The van der Waals surface area contributed by atoms with E-state index in [1.54, 1.807) is 31.0 Å². The third-order valence-electron chi connectivity index (χ3n) is 5.27. The lowest BCUT2D eigenvalue weighted by Gasteiger charge is -2.15. The Morgan fingerprint density at radius 1 is 0.906 bits per heavy atom. The minimum absolute atomic E-state index is 0.151. The van der Waals surface area contributed by atoms with Crippen molar-refractivity contribution in [2.24, 2.45) is 0 Å². The molecule has 0 saturated heterocycles. The molecule has 0 aliphatic carbocycles. The minimum atomic E-state index is -0.212. The van der Waals surface area contributed by atoms with E-state index in [0.29, 0.717) is 22.9 Å². The highest BCUT2D eigenvalue weighted by atomic mass is 16.5. The van der Waals surface area contributed by atoms with Gasteiger partial charge in [0.25, 0.3) is 5.91 Å². The minimum Gasteiger partial charge on any atom is -0.497 e. The quantitative estimate of drug-likeness (QED) is 0.448. The summed E-state index contributed by atoms with van der Waals surface area (Å²) in [6, 6.07) is 26.6. The summed E-state index contributed by atoms with van der Waals surface area (Å²) in [5, 5.41) is 7.83. The van der Waals surface area contributed by atoms with Gasteiger partial charge in [0.1, 0.15) is 17.2 Å². The fourth-order valence-electron chi connectivity index (χ4n) is 3.55. The van der Waals surface area contributed by atoms with Crippen LogP contribution < -0.4 is 14.8 Å². The van der Waals surface area contributed by atoms with E-state index in [1.165, 1.54) is 0 Å². The summed E-state index contributed by atoms with van der Waals surface area (Å²) in [6.07, 6.45) is 0. The maximum atomic E-state index is 13.3.